The topological polar surface area (TPSA) is 100 Å². The van der Waals surface area contributed by atoms with Crippen LogP contribution in [0.3, 0.4) is 0 Å². The normalized spacial score (nSPS) is 13.3. The van der Waals surface area contributed by atoms with E-state index >= 15 is 0 Å². The van der Waals surface area contributed by atoms with Crippen molar-refractivity contribution in [3.63, 3.8) is 0 Å². The number of carbonyl (C=O) groups is 3. The molecular weight excluding hydrogens is 386 g/mol. The van der Waals surface area contributed by atoms with E-state index in [-0.39, 0.29) is 49.0 Å². The van der Waals surface area contributed by atoms with Crippen molar-refractivity contribution in [1.29, 1.82) is 0 Å². The van der Waals surface area contributed by atoms with Gasteiger partial charge >= 0.3 is 0 Å². The molecule has 0 fully saturated rings. The van der Waals surface area contributed by atoms with E-state index in [1.54, 1.807) is 11.0 Å². The average molecular weight is 409 g/mol. The Balaban J connectivity index is 2.16. The Morgan fingerprint density at radius 3 is 2.47 bits per heavy atom. The Hall–Kier alpha value is -3.36. The van der Waals surface area contributed by atoms with E-state index in [0.717, 1.165) is 10.5 Å². The highest BCUT2D eigenvalue weighted by atomic mass is 16.5. The first-order valence-corrected chi connectivity index (χ1v) is 9.43. The number of aromatic nitrogens is 1. The van der Waals surface area contributed by atoms with E-state index in [1.165, 1.54) is 26.4 Å². The summed E-state index contributed by atoms with van der Waals surface area (Å²) in [5.74, 6) is -1.42. The van der Waals surface area contributed by atoms with Crippen LogP contribution < -0.4 is 0 Å². The molecule has 8 heteroatoms. The second-order valence-corrected chi connectivity index (χ2v) is 6.77. The molecule has 8 nitrogen and oxygen atoms in total. The van der Waals surface area contributed by atoms with Gasteiger partial charge < -0.3 is 19.6 Å². The Morgan fingerprint density at radius 1 is 1.07 bits per heavy atom. The van der Waals surface area contributed by atoms with Crippen molar-refractivity contribution in [2.45, 2.75) is 6.54 Å². The summed E-state index contributed by atoms with van der Waals surface area (Å²) >= 11 is 0. The number of hydrogen-bond donors (Lipinski definition) is 1. The van der Waals surface area contributed by atoms with Gasteiger partial charge in [0.2, 0.25) is 11.6 Å². The summed E-state index contributed by atoms with van der Waals surface area (Å²) in [6, 6.07) is 12.5. The standard InChI is InChI=1S/C22H23N3O5/c1-24(17(27)14-30-2)19-20(21(28)16-9-6-10-23-18(16)22(19)29)25(11-12-26)13-15-7-4-3-5-8-15/h3-10,26H,11-14H2,1-2H3. The first-order valence-electron chi connectivity index (χ1n) is 9.43. The number of pyridine rings is 1. The fourth-order valence-electron chi connectivity index (χ4n) is 3.37. The number of ketones is 2. The van der Waals surface area contributed by atoms with Crippen LogP contribution in [0.1, 0.15) is 26.4 Å². The van der Waals surface area contributed by atoms with Gasteiger partial charge in [0.25, 0.3) is 5.91 Å². The smallest absolute Gasteiger partial charge is 0.252 e. The number of fused-ring (bicyclic) bond motifs is 1. The molecule has 0 saturated heterocycles. The van der Waals surface area contributed by atoms with Gasteiger partial charge in [0, 0.05) is 33.4 Å². The fourth-order valence-corrected chi connectivity index (χ4v) is 3.37. The molecule has 1 aromatic carbocycles. The molecule has 2 aromatic rings. The number of ether oxygens (including phenoxy) is 1. The van der Waals surface area contributed by atoms with Crippen molar-refractivity contribution >= 4 is 17.5 Å². The molecule has 1 heterocycles. The highest BCUT2D eigenvalue weighted by Crippen LogP contribution is 2.30. The monoisotopic (exact) mass is 409 g/mol. The lowest BCUT2D eigenvalue weighted by molar-refractivity contribution is -0.131. The van der Waals surface area contributed by atoms with E-state index in [9.17, 15) is 19.5 Å². The van der Waals surface area contributed by atoms with Crippen LogP contribution in [0.2, 0.25) is 0 Å². The molecule has 0 bridgehead atoms. The lowest BCUT2D eigenvalue weighted by Crippen LogP contribution is -2.42. The molecule has 0 spiro atoms. The number of rotatable bonds is 8. The van der Waals surface area contributed by atoms with E-state index in [0.29, 0.717) is 0 Å². The third-order valence-electron chi connectivity index (χ3n) is 4.80. The molecule has 30 heavy (non-hydrogen) atoms. The molecule has 0 aliphatic heterocycles. The van der Waals surface area contributed by atoms with Crippen molar-refractivity contribution < 1.29 is 24.2 Å². The van der Waals surface area contributed by atoms with Crippen LogP contribution in [-0.2, 0) is 16.1 Å². The number of aliphatic hydroxyl groups is 1. The van der Waals surface area contributed by atoms with Crippen molar-refractivity contribution in [1.82, 2.24) is 14.8 Å². The van der Waals surface area contributed by atoms with Crippen LogP contribution >= 0.6 is 0 Å². The summed E-state index contributed by atoms with van der Waals surface area (Å²) in [6.07, 6.45) is 1.43. The summed E-state index contributed by atoms with van der Waals surface area (Å²) in [6.45, 7) is -0.0982. The second-order valence-electron chi connectivity index (χ2n) is 6.77. The van der Waals surface area contributed by atoms with E-state index in [2.05, 4.69) is 4.98 Å². The zero-order chi connectivity index (χ0) is 21.7. The minimum atomic E-state index is -0.525. The summed E-state index contributed by atoms with van der Waals surface area (Å²) in [5, 5.41) is 9.64. The summed E-state index contributed by atoms with van der Waals surface area (Å²) in [7, 11) is 2.80. The Bertz CT molecular complexity index is 987. The predicted octanol–water partition coefficient (Wildman–Crippen LogP) is 1.27. The molecule has 1 N–H and O–H groups in total. The van der Waals surface area contributed by atoms with Gasteiger partial charge in [0.05, 0.1) is 12.2 Å². The van der Waals surface area contributed by atoms with Crippen LogP contribution in [0.4, 0.5) is 0 Å². The Morgan fingerprint density at radius 2 is 1.80 bits per heavy atom. The van der Waals surface area contributed by atoms with Gasteiger partial charge in [-0.2, -0.15) is 0 Å². The number of Topliss-reactive ketones (excluding diaryl/α,β-unsaturated/α-hetero) is 2. The number of hydrogen-bond acceptors (Lipinski definition) is 7. The van der Waals surface area contributed by atoms with Gasteiger partial charge in [-0.05, 0) is 17.7 Å². The molecular formula is C22H23N3O5. The highest BCUT2D eigenvalue weighted by molar-refractivity contribution is 6.26. The van der Waals surface area contributed by atoms with Gasteiger partial charge in [0.1, 0.15) is 23.7 Å². The van der Waals surface area contributed by atoms with Gasteiger partial charge in [-0.15, -0.1) is 0 Å². The number of benzene rings is 1. The SMILES string of the molecule is COCC(=O)N(C)C1=C(N(CCO)Cc2ccccc2)C(=O)c2cccnc2C1=O. The molecule has 3 rings (SSSR count). The summed E-state index contributed by atoms with van der Waals surface area (Å²) < 4.78 is 4.91. The molecule has 1 aromatic heterocycles. The van der Waals surface area contributed by atoms with Gasteiger partial charge in [0.15, 0.2) is 0 Å². The summed E-state index contributed by atoms with van der Waals surface area (Å²) in [4.78, 5) is 46.0. The fraction of sp³-hybridized carbons (Fsp3) is 0.273. The third-order valence-corrected chi connectivity index (χ3v) is 4.80. The minimum absolute atomic E-state index is 0.00183. The zero-order valence-electron chi connectivity index (χ0n) is 16.9. The third kappa shape index (κ3) is 4.14. The number of nitrogens with zero attached hydrogens (tertiary/aromatic N) is 3. The Labute approximate surface area is 174 Å². The number of amides is 1. The van der Waals surface area contributed by atoms with Crippen LogP contribution in [0.15, 0.2) is 60.1 Å². The number of likely N-dealkylation sites (N-methyl/N-ethyl adjacent to an activating group) is 1. The van der Waals surface area contributed by atoms with E-state index in [4.69, 9.17) is 4.74 Å². The predicted molar refractivity (Wildman–Crippen MR) is 109 cm³/mol. The molecule has 1 aliphatic carbocycles. The Kier molecular flexibility index (Phi) is 6.71. The van der Waals surface area contributed by atoms with Crippen molar-refractivity contribution in [2.75, 3.05) is 33.9 Å². The first-order chi connectivity index (χ1) is 14.5. The second kappa shape index (κ2) is 9.43. The lowest BCUT2D eigenvalue weighted by atomic mass is 9.92. The molecule has 0 unspecified atom stereocenters. The van der Waals surface area contributed by atoms with Crippen LogP contribution in [0, 0.1) is 0 Å². The number of carbonyl (C=O) groups excluding carboxylic acids is 3. The van der Waals surface area contributed by atoms with Crippen LogP contribution in [0.5, 0.6) is 0 Å². The molecule has 0 atom stereocenters. The van der Waals surface area contributed by atoms with Crippen LogP contribution in [-0.4, -0.2) is 71.3 Å². The maximum absolute atomic E-state index is 13.4. The first kappa shape index (κ1) is 21.4. The lowest BCUT2D eigenvalue weighted by Gasteiger charge is -2.33. The molecule has 0 saturated carbocycles. The van der Waals surface area contributed by atoms with E-state index in [1.807, 2.05) is 30.3 Å². The highest BCUT2D eigenvalue weighted by Gasteiger charge is 2.39. The van der Waals surface area contributed by atoms with Crippen molar-refractivity contribution in [3.8, 4) is 0 Å². The zero-order valence-corrected chi connectivity index (χ0v) is 16.9. The maximum atomic E-state index is 13.4. The maximum Gasteiger partial charge on any atom is 0.252 e. The van der Waals surface area contributed by atoms with Gasteiger partial charge in [-0.1, -0.05) is 30.3 Å². The van der Waals surface area contributed by atoms with Crippen molar-refractivity contribution in [3.05, 3.63) is 76.9 Å². The number of aliphatic hydroxyl groups excluding tert-OH is 1. The van der Waals surface area contributed by atoms with E-state index < -0.39 is 17.5 Å². The molecule has 0 radical (unpaired) electrons. The number of allylic oxidation sites excluding steroid dienone is 2. The molecule has 1 amide bonds. The van der Waals surface area contributed by atoms with Gasteiger partial charge in [-0.3, -0.25) is 19.4 Å². The summed E-state index contributed by atoms with van der Waals surface area (Å²) in [5.41, 5.74) is 1.05. The molecule has 1 aliphatic rings. The molecule has 156 valence electrons. The largest absolute Gasteiger partial charge is 0.395 e. The van der Waals surface area contributed by atoms with Crippen molar-refractivity contribution in [2.24, 2.45) is 0 Å². The average Bonchev–Trinajstić information content (AvgIpc) is 2.76. The quantitative estimate of drug-likeness (QED) is 0.701. The van der Waals surface area contributed by atoms with Gasteiger partial charge in [-0.25, -0.2) is 0 Å². The van der Waals surface area contributed by atoms with Crippen LogP contribution in [0.25, 0.3) is 0 Å². The number of methoxy groups -OCH3 is 1. The minimum Gasteiger partial charge on any atom is -0.395 e.